The first-order chi connectivity index (χ1) is 16.9. The molecule has 2 aliphatic rings. The van der Waals surface area contributed by atoms with Gasteiger partial charge in [-0.3, -0.25) is 9.69 Å². The molecule has 190 valence electrons. The van der Waals surface area contributed by atoms with Gasteiger partial charge in [-0.25, -0.2) is 12.7 Å². The second-order valence-corrected chi connectivity index (χ2v) is 11.6. The number of hydrogen-bond acceptors (Lipinski definition) is 6. The summed E-state index contributed by atoms with van der Waals surface area (Å²) in [5.41, 5.74) is 2.52. The van der Waals surface area contributed by atoms with E-state index in [0.717, 1.165) is 70.8 Å². The third-order valence-corrected chi connectivity index (χ3v) is 8.68. The molecule has 2 fully saturated rings. The van der Waals surface area contributed by atoms with Gasteiger partial charge in [-0.1, -0.05) is 18.2 Å². The number of sulfonamides is 1. The molecule has 0 saturated carbocycles. The van der Waals surface area contributed by atoms with Crippen molar-refractivity contribution in [2.24, 2.45) is 0 Å². The van der Waals surface area contributed by atoms with Crippen LogP contribution in [-0.2, 0) is 10.0 Å². The van der Waals surface area contributed by atoms with Gasteiger partial charge >= 0.3 is 0 Å². The zero-order chi connectivity index (χ0) is 24.8. The Morgan fingerprint density at radius 2 is 1.60 bits per heavy atom. The maximum Gasteiger partial charge on any atom is 0.253 e. The maximum absolute atomic E-state index is 13.2. The number of carbonyl (C=O) groups excluding carboxylic acids is 1. The van der Waals surface area contributed by atoms with Crippen LogP contribution in [0.3, 0.4) is 0 Å². The number of nitrogens with one attached hydrogen (secondary N) is 1. The number of benzene rings is 2. The molecule has 35 heavy (non-hydrogen) atoms. The summed E-state index contributed by atoms with van der Waals surface area (Å²) in [5, 5.41) is 3.03. The molecule has 2 saturated heterocycles. The highest BCUT2D eigenvalue weighted by atomic mass is 32.2. The van der Waals surface area contributed by atoms with Gasteiger partial charge in [0.1, 0.15) is 0 Å². The number of anilines is 2. The SMILES string of the molecule is CN(C)S(=O)(=O)c1ccc(N2CCCC2)c(C(=O)NCCCN2CCN(c3ccccc3)CC2)c1. The van der Waals surface area contributed by atoms with Crippen molar-refractivity contribution in [3.05, 3.63) is 54.1 Å². The molecule has 2 aliphatic heterocycles. The van der Waals surface area contributed by atoms with Crippen LogP contribution in [0.5, 0.6) is 0 Å². The van der Waals surface area contributed by atoms with Crippen molar-refractivity contribution in [3.63, 3.8) is 0 Å². The fourth-order valence-corrected chi connectivity index (χ4v) is 5.70. The lowest BCUT2D eigenvalue weighted by Gasteiger charge is -2.36. The van der Waals surface area contributed by atoms with Crippen LogP contribution in [-0.4, -0.2) is 90.0 Å². The summed E-state index contributed by atoms with van der Waals surface area (Å²) in [7, 11) is -0.607. The van der Waals surface area contributed by atoms with E-state index < -0.39 is 10.0 Å². The van der Waals surface area contributed by atoms with E-state index in [1.165, 1.54) is 30.2 Å². The Bertz CT molecular complexity index is 1090. The summed E-state index contributed by atoms with van der Waals surface area (Å²) < 4.78 is 26.5. The van der Waals surface area contributed by atoms with Gasteiger partial charge in [-0.15, -0.1) is 0 Å². The third kappa shape index (κ3) is 6.15. The number of rotatable bonds is 9. The van der Waals surface area contributed by atoms with Crippen LogP contribution in [0.25, 0.3) is 0 Å². The van der Waals surface area contributed by atoms with Crippen molar-refractivity contribution >= 4 is 27.3 Å². The first-order valence-corrected chi connectivity index (χ1v) is 13.9. The lowest BCUT2D eigenvalue weighted by molar-refractivity contribution is 0.0951. The van der Waals surface area contributed by atoms with Crippen molar-refractivity contribution in [1.82, 2.24) is 14.5 Å². The normalized spacial score (nSPS) is 17.2. The average molecular weight is 500 g/mol. The van der Waals surface area contributed by atoms with Crippen molar-refractivity contribution in [3.8, 4) is 0 Å². The molecule has 0 aromatic heterocycles. The molecule has 1 N–H and O–H groups in total. The monoisotopic (exact) mass is 499 g/mol. The molecule has 9 heteroatoms. The summed E-state index contributed by atoms with van der Waals surface area (Å²) >= 11 is 0. The Balaban J connectivity index is 1.32. The summed E-state index contributed by atoms with van der Waals surface area (Å²) in [6, 6.07) is 15.4. The van der Waals surface area contributed by atoms with E-state index in [1.54, 1.807) is 12.1 Å². The molecule has 0 radical (unpaired) electrons. The minimum atomic E-state index is -3.61. The Morgan fingerprint density at radius 3 is 2.26 bits per heavy atom. The van der Waals surface area contributed by atoms with Crippen LogP contribution in [0.15, 0.2) is 53.4 Å². The summed E-state index contributed by atoms with van der Waals surface area (Å²) in [5.74, 6) is -0.211. The zero-order valence-electron chi connectivity index (χ0n) is 20.8. The van der Waals surface area contributed by atoms with Crippen LogP contribution < -0.4 is 15.1 Å². The van der Waals surface area contributed by atoms with Gasteiger partial charge < -0.3 is 15.1 Å². The van der Waals surface area contributed by atoms with Crippen molar-refractivity contribution < 1.29 is 13.2 Å². The Kier molecular flexibility index (Phi) is 8.30. The van der Waals surface area contributed by atoms with E-state index >= 15 is 0 Å². The second kappa shape index (κ2) is 11.4. The number of amides is 1. The molecule has 4 rings (SSSR count). The molecule has 8 nitrogen and oxygen atoms in total. The topological polar surface area (TPSA) is 76.2 Å². The standard InChI is InChI=1S/C26H37N5O3S/c1-28(2)35(33,34)23-11-12-25(31-15-6-7-16-31)24(21-23)26(32)27-13-8-14-29-17-19-30(20-18-29)22-9-4-3-5-10-22/h3-5,9-12,21H,6-8,13-20H2,1-2H3,(H,27,32). The molecule has 0 atom stereocenters. The molecule has 2 aromatic rings. The molecule has 1 amide bonds. The van der Waals surface area contributed by atoms with Crippen LogP contribution in [0.4, 0.5) is 11.4 Å². The number of piperazine rings is 1. The van der Waals surface area contributed by atoms with Gasteiger partial charge in [0.05, 0.1) is 10.5 Å². The van der Waals surface area contributed by atoms with Crippen LogP contribution >= 0.6 is 0 Å². The van der Waals surface area contributed by atoms with Gasteiger partial charge in [0.25, 0.3) is 5.91 Å². The molecule has 2 aromatic carbocycles. The average Bonchev–Trinajstić information content (AvgIpc) is 3.42. The smallest absolute Gasteiger partial charge is 0.253 e. The number of hydrogen-bond donors (Lipinski definition) is 1. The predicted molar refractivity (Wildman–Crippen MR) is 141 cm³/mol. The quantitative estimate of drug-likeness (QED) is 0.535. The lowest BCUT2D eigenvalue weighted by Crippen LogP contribution is -2.47. The number of para-hydroxylation sites is 1. The molecule has 0 spiro atoms. The first-order valence-electron chi connectivity index (χ1n) is 12.5. The van der Waals surface area contributed by atoms with E-state index in [-0.39, 0.29) is 10.8 Å². The van der Waals surface area contributed by atoms with Gasteiger partial charge in [-0.05, 0) is 56.1 Å². The third-order valence-electron chi connectivity index (χ3n) is 6.87. The van der Waals surface area contributed by atoms with Crippen LogP contribution in [0.1, 0.15) is 29.6 Å². The van der Waals surface area contributed by atoms with E-state index in [1.807, 2.05) is 6.07 Å². The zero-order valence-corrected chi connectivity index (χ0v) is 21.6. The molecule has 0 bridgehead atoms. The molecular weight excluding hydrogens is 462 g/mol. The highest BCUT2D eigenvalue weighted by molar-refractivity contribution is 7.89. The van der Waals surface area contributed by atoms with E-state index in [4.69, 9.17) is 0 Å². The van der Waals surface area contributed by atoms with Crippen molar-refractivity contribution in [2.75, 3.05) is 76.3 Å². The molecular formula is C26H37N5O3S. The largest absolute Gasteiger partial charge is 0.371 e. The highest BCUT2D eigenvalue weighted by Gasteiger charge is 2.24. The maximum atomic E-state index is 13.2. The van der Waals surface area contributed by atoms with Gasteiger partial charge in [0.15, 0.2) is 0 Å². The minimum Gasteiger partial charge on any atom is -0.371 e. The number of carbonyl (C=O) groups is 1. The molecule has 0 unspecified atom stereocenters. The fourth-order valence-electron chi connectivity index (χ4n) is 4.77. The first kappa shape index (κ1) is 25.5. The van der Waals surface area contributed by atoms with E-state index in [9.17, 15) is 13.2 Å². The molecule has 0 aliphatic carbocycles. The number of nitrogens with zero attached hydrogens (tertiary/aromatic N) is 4. The minimum absolute atomic E-state index is 0.145. The summed E-state index contributed by atoms with van der Waals surface area (Å²) in [4.78, 5) is 20.3. The van der Waals surface area contributed by atoms with Crippen LogP contribution in [0.2, 0.25) is 0 Å². The van der Waals surface area contributed by atoms with Crippen molar-refractivity contribution in [2.45, 2.75) is 24.2 Å². The molecule has 2 heterocycles. The van der Waals surface area contributed by atoms with Gasteiger partial charge in [-0.2, -0.15) is 0 Å². The Morgan fingerprint density at radius 1 is 0.914 bits per heavy atom. The summed E-state index contributed by atoms with van der Waals surface area (Å²) in [6.07, 6.45) is 3.01. The van der Waals surface area contributed by atoms with E-state index in [0.29, 0.717) is 12.1 Å². The fraction of sp³-hybridized carbons (Fsp3) is 0.500. The summed E-state index contributed by atoms with van der Waals surface area (Å²) in [6.45, 7) is 7.27. The Hall–Kier alpha value is -2.62. The predicted octanol–water partition coefficient (Wildman–Crippen LogP) is 2.48. The highest BCUT2D eigenvalue weighted by Crippen LogP contribution is 2.28. The second-order valence-electron chi connectivity index (χ2n) is 9.43. The van der Waals surface area contributed by atoms with Gasteiger partial charge in [0.2, 0.25) is 10.0 Å². The van der Waals surface area contributed by atoms with Gasteiger partial charge in [0, 0.05) is 71.3 Å². The Labute approximate surface area is 209 Å². The lowest BCUT2D eigenvalue weighted by atomic mass is 10.1. The van der Waals surface area contributed by atoms with Crippen LogP contribution in [0, 0.1) is 0 Å². The van der Waals surface area contributed by atoms with E-state index in [2.05, 4.69) is 44.3 Å². The van der Waals surface area contributed by atoms with Crippen molar-refractivity contribution in [1.29, 1.82) is 0 Å².